The van der Waals surface area contributed by atoms with Crippen LogP contribution in [0.5, 0.6) is 0 Å². The Labute approximate surface area is 115 Å². The van der Waals surface area contributed by atoms with Gasteiger partial charge in [-0.15, -0.1) is 0 Å². The van der Waals surface area contributed by atoms with Crippen molar-refractivity contribution in [3.63, 3.8) is 0 Å². The van der Waals surface area contributed by atoms with Gasteiger partial charge in [0.15, 0.2) is 4.77 Å². The van der Waals surface area contributed by atoms with E-state index >= 15 is 0 Å². The van der Waals surface area contributed by atoms with Gasteiger partial charge in [0.2, 0.25) is 0 Å². The number of furan rings is 1. The first-order valence-electron chi connectivity index (χ1n) is 6.05. The number of hydrogen-bond donors (Lipinski definition) is 2. The van der Waals surface area contributed by atoms with Gasteiger partial charge in [0, 0.05) is 19.0 Å². The normalized spacial score (nSPS) is 10.9. The van der Waals surface area contributed by atoms with E-state index in [1.165, 1.54) is 12.5 Å². The third-order valence-corrected chi connectivity index (χ3v) is 3.02. The largest absolute Gasteiger partial charge is 0.472 e. The minimum absolute atomic E-state index is 0.158. The van der Waals surface area contributed by atoms with Gasteiger partial charge in [0.25, 0.3) is 5.91 Å². The zero-order valence-corrected chi connectivity index (χ0v) is 11.7. The quantitative estimate of drug-likeness (QED) is 0.822. The predicted molar refractivity (Wildman–Crippen MR) is 72.5 cm³/mol. The number of aromatic nitrogens is 3. The van der Waals surface area contributed by atoms with E-state index < -0.39 is 0 Å². The number of hydrogen-bond acceptors (Lipinski definition) is 4. The lowest BCUT2D eigenvalue weighted by Crippen LogP contribution is -2.27. The summed E-state index contributed by atoms with van der Waals surface area (Å²) < 4.78 is 7.33. The molecule has 0 aromatic carbocycles. The first kappa shape index (κ1) is 13.5. The van der Waals surface area contributed by atoms with Gasteiger partial charge in [0.1, 0.15) is 12.1 Å². The molecule has 2 rings (SSSR count). The summed E-state index contributed by atoms with van der Waals surface area (Å²) in [4.78, 5) is 11.7. The van der Waals surface area contributed by atoms with Gasteiger partial charge in [-0.1, -0.05) is 13.8 Å². The van der Waals surface area contributed by atoms with E-state index in [1.807, 2.05) is 18.4 Å². The third kappa shape index (κ3) is 3.11. The monoisotopic (exact) mass is 280 g/mol. The Morgan fingerprint density at radius 1 is 1.63 bits per heavy atom. The first-order valence-corrected chi connectivity index (χ1v) is 6.46. The van der Waals surface area contributed by atoms with E-state index in [-0.39, 0.29) is 11.8 Å². The van der Waals surface area contributed by atoms with Crippen molar-refractivity contribution >= 4 is 18.1 Å². The van der Waals surface area contributed by atoms with E-state index in [1.54, 1.807) is 6.07 Å². The molecule has 2 N–H and O–H groups in total. The van der Waals surface area contributed by atoms with Gasteiger partial charge < -0.3 is 14.3 Å². The molecule has 6 nitrogen and oxygen atoms in total. The molecule has 0 saturated heterocycles. The Bertz CT molecular complexity index is 598. The van der Waals surface area contributed by atoms with Gasteiger partial charge in [-0.25, -0.2) is 0 Å². The van der Waals surface area contributed by atoms with Crippen molar-refractivity contribution in [3.8, 4) is 0 Å². The Hall–Kier alpha value is -1.89. The summed E-state index contributed by atoms with van der Waals surface area (Å²) in [6, 6.07) is 1.62. The van der Waals surface area contributed by atoms with E-state index in [9.17, 15) is 4.79 Å². The molecule has 0 atom stereocenters. The molecule has 2 aromatic rings. The van der Waals surface area contributed by atoms with Gasteiger partial charge in [-0.05, 0) is 18.3 Å². The van der Waals surface area contributed by atoms with Crippen LogP contribution in [0, 0.1) is 4.77 Å². The van der Waals surface area contributed by atoms with Crippen LogP contribution in [0.25, 0.3) is 0 Å². The van der Waals surface area contributed by atoms with E-state index in [0.717, 1.165) is 5.82 Å². The van der Waals surface area contributed by atoms with Crippen LogP contribution in [-0.2, 0) is 6.54 Å². The predicted octanol–water partition coefficient (Wildman–Crippen LogP) is 2.09. The molecule has 0 radical (unpaired) electrons. The van der Waals surface area contributed by atoms with Crippen LogP contribution in [0.2, 0.25) is 0 Å². The van der Waals surface area contributed by atoms with Crippen LogP contribution in [0.15, 0.2) is 23.0 Å². The SMILES string of the molecule is CC(C)c1n[nH]c(=S)n1CCNC(=O)c1ccoc1. The second kappa shape index (κ2) is 5.83. The topological polar surface area (TPSA) is 75.8 Å². The van der Waals surface area contributed by atoms with Crippen molar-refractivity contribution in [1.82, 2.24) is 20.1 Å². The minimum atomic E-state index is -0.158. The standard InChI is InChI=1S/C12H16N4O2S/c1-8(2)10-14-15-12(19)16(10)5-4-13-11(17)9-3-6-18-7-9/h3,6-8H,4-5H2,1-2H3,(H,13,17)(H,15,19). The molecule has 7 heteroatoms. The fourth-order valence-corrected chi connectivity index (χ4v) is 1.99. The second-order valence-electron chi connectivity index (χ2n) is 4.46. The maximum atomic E-state index is 11.7. The summed E-state index contributed by atoms with van der Waals surface area (Å²) in [5.41, 5.74) is 0.514. The molecule has 0 bridgehead atoms. The number of amides is 1. The summed E-state index contributed by atoms with van der Waals surface area (Å²) >= 11 is 5.17. The number of carbonyl (C=O) groups excluding carboxylic acids is 1. The summed E-state index contributed by atoms with van der Waals surface area (Å²) in [5, 5.41) is 9.76. The highest BCUT2D eigenvalue weighted by atomic mass is 32.1. The van der Waals surface area contributed by atoms with Crippen molar-refractivity contribution in [1.29, 1.82) is 0 Å². The van der Waals surface area contributed by atoms with Crippen LogP contribution >= 0.6 is 12.2 Å². The van der Waals surface area contributed by atoms with Crippen LogP contribution in [-0.4, -0.2) is 27.2 Å². The highest BCUT2D eigenvalue weighted by molar-refractivity contribution is 7.71. The van der Waals surface area contributed by atoms with Crippen LogP contribution < -0.4 is 5.32 Å². The Morgan fingerprint density at radius 3 is 3.05 bits per heavy atom. The molecule has 0 unspecified atom stereocenters. The lowest BCUT2D eigenvalue weighted by Gasteiger charge is -2.09. The summed E-state index contributed by atoms with van der Waals surface area (Å²) in [6.07, 6.45) is 2.89. The van der Waals surface area contributed by atoms with Crippen LogP contribution in [0.1, 0.15) is 35.9 Å². The summed E-state index contributed by atoms with van der Waals surface area (Å²) in [6.45, 7) is 5.17. The molecular formula is C12H16N4O2S. The average molecular weight is 280 g/mol. The highest BCUT2D eigenvalue weighted by Crippen LogP contribution is 2.11. The molecule has 0 aliphatic heterocycles. The molecule has 0 aliphatic carbocycles. The number of carbonyl (C=O) groups is 1. The van der Waals surface area contributed by atoms with Crippen molar-refractivity contribution < 1.29 is 9.21 Å². The molecule has 1 amide bonds. The zero-order valence-electron chi connectivity index (χ0n) is 10.8. The lowest BCUT2D eigenvalue weighted by atomic mass is 10.2. The molecule has 0 aliphatic rings. The van der Waals surface area contributed by atoms with Crippen molar-refractivity contribution in [2.45, 2.75) is 26.3 Å². The Balaban J connectivity index is 1.95. The van der Waals surface area contributed by atoms with E-state index in [2.05, 4.69) is 15.5 Å². The molecule has 19 heavy (non-hydrogen) atoms. The number of rotatable bonds is 5. The summed E-state index contributed by atoms with van der Waals surface area (Å²) in [7, 11) is 0. The smallest absolute Gasteiger partial charge is 0.254 e. The van der Waals surface area contributed by atoms with Crippen LogP contribution in [0.3, 0.4) is 0 Å². The molecule has 2 heterocycles. The number of H-pyrrole nitrogens is 1. The van der Waals surface area contributed by atoms with Gasteiger partial charge in [-0.2, -0.15) is 5.10 Å². The number of nitrogens with zero attached hydrogens (tertiary/aromatic N) is 2. The van der Waals surface area contributed by atoms with Crippen LogP contribution in [0.4, 0.5) is 0 Å². The molecule has 0 spiro atoms. The third-order valence-electron chi connectivity index (χ3n) is 2.71. The number of nitrogens with one attached hydrogen (secondary N) is 2. The van der Waals surface area contributed by atoms with Crippen molar-refractivity contribution in [3.05, 3.63) is 34.8 Å². The lowest BCUT2D eigenvalue weighted by molar-refractivity contribution is 0.0951. The summed E-state index contributed by atoms with van der Waals surface area (Å²) in [5.74, 6) is 1.01. The molecule has 0 saturated carbocycles. The Kier molecular flexibility index (Phi) is 4.16. The highest BCUT2D eigenvalue weighted by Gasteiger charge is 2.10. The van der Waals surface area contributed by atoms with E-state index in [0.29, 0.717) is 23.4 Å². The molecule has 0 fully saturated rings. The molecular weight excluding hydrogens is 264 g/mol. The van der Waals surface area contributed by atoms with Crippen molar-refractivity contribution in [2.75, 3.05) is 6.54 Å². The van der Waals surface area contributed by atoms with Crippen molar-refractivity contribution in [2.24, 2.45) is 0 Å². The van der Waals surface area contributed by atoms with Gasteiger partial charge in [0.05, 0.1) is 11.8 Å². The maximum Gasteiger partial charge on any atom is 0.254 e. The Morgan fingerprint density at radius 2 is 2.42 bits per heavy atom. The second-order valence-corrected chi connectivity index (χ2v) is 4.85. The van der Waals surface area contributed by atoms with Gasteiger partial charge in [-0.3, -0.25) is 9.89 Å². The minimum Gasteiger partial charge on any atom is -0.472 e. The van der Waals surface area contributed by atoms with E-state index in [4.69, 9.17) is 16.6 Å². The fourth-order valence-electron chi connectivity index (χ4n) is 1.76. The first-order chi connectivity index (χ1) is 9.09. The maximum absolute atomic E-state index is 11.7. The molecule has 2 aromatic heterocycles. The number of aromatic amines is 1. The average Bonchev–Trinajstić information content (AvgIpc) is 2.99. The van der Waals surface area contributed by atoms with Gasteiger partial charge >= 0.3 is 0 Å². The fraction of sp³-hybridized carbons (Fsp3) is 0.417. The zero-order chi connectivity index (χ0) is 13.8. The molecule has 102 valence electrons.